The van der Waals surface area contributed by atoms with Gasteiger partial charge in [0, 0.05) is 35.7 Å². The lowest BCUT2D eigenvalue weighted by Gasteiger charge is -2.38. The number of halogens is 1. The van der Waals surface area contributed by atoms with Crippen molar-refractivity contribution in [2.75, 3.05) is 12.3 Å². The average molecular weight is 360 g/mol. The van der Waals surface area contributed by atoms with Crippen molar-refractivity contribution in [3.05, 3.63) is 34.4 Å². The molecule has 1 aliphatic rings. The Balaban J connectivity index is 0.00000264. The van der Waals surface area contributed by atoms with Crippen LogP contribution in [0.5, 0.6) is 0 Å². The van der Waals surface area contributed by atoms with E-state index in [4.69, 9.17) is 5.73 Å². The molecule has 0 radical (unpaired) electrons. The monoisotopic (exact) mass is 359 g/mol. The quantitative estimate of drug-likeness (QED) is 0.496. The molecule has 1 saturated heterocycles. The van der Waals surface area contributed by atoms with Crippen LogP contribution in [-0.4, -0.2) is 40.1 Å². The van der Waals surface area contributed by atoms with E-state index in [1.54, 1.807) is 12.1 Å². The first kappa shape index (κ1) is 19.7. The van der Waals surface area contributed by atoms with Gasteiger partial charge in [-0.15, -0.1) is 24.2 Å². The molecular formula is C15H22ClN3O3S. The van der Waals surface area contributed by atoms with E-state index in [0.717, 1.165) is 30.7 Å². The Morgan fingerprint density at radius 2 is 2.09 bits per heavy atom. The summed E-state index contributed by atoms with van der Waals surface area (Å²) >= 11 is 1.40. The molecule has 0 saturated carbocycles. The van der Waals surface area contributed by atoms with Crippen molar-refractivity contribution in [3.63, 3.8) is 0 Å². The molecule has 0 aromatic heterocycles. The molecule has 1 amide bonds. The Labute approximate surface area is 146 Å². The highest BCUT2D eigenvalue weighted by Gasteiger charge is 2.28. The molecule has 0 spiro atoms. The molecule has 0 bridgehead atoms. The lowest BCUT2D eigenvalue weighted by atomic mass is 9.97. The van der Waals surface area contributed by atoms with Crippen LogP contribution in [0.2, 0.25) is 0 Å². The SMILES string of the molecule is CC(N)C1CCCCN1C(=O)CSc1ccc([N+](=O)[O-])cc1.Cl. The number of carbonyl (C=O) groups excluding carboxylic acids is 1. The zero-order valence-corrected chi connectivity index (χ0v) is 14.6. The van der Waals surface area contributed by atoms with Crippen molar-refractivity contribution in [1.29, 1.82) is 0 Å². The first-order chi connectivity index (χ1) is 10.5. The Morgan fingerprint density at radius 1 is 1.43 bits per heavy atom. The van der Waals surface area contributed by atoms with E-state index in [-0.39, 0.29) is 36.1 Å². The van der Waals surface area contributed by atoms with Gasteiger partial charge in [0.2, 0.25) is 5.91 Å². The topological polar surface area (TPSA) is 89.5 Å². The number of thioether (sulfide) groups is 1. The number of non-ortho nitro benzene ring substituents is 1. The fourth-order valence-electron chi connectivity index (χ4n) is 2.71. The van der Waals surface area contributed by atoms with Crippen molar-refractivity contribution in [1.82, 2.24) is 4.90 Å². The number of hydrogen-bond donors (Lipinski definition) is 1. The number of rotatable bonds is 5. The number of benzene rings is 1. The average Bonchev–Trinajstić information content (AvgIpc) is 2.53. The molecule has 2 N–H and O–H groups in total. The largest absolute Gasteiger partial charge is 0.337 e. The van der Waals surface area contributed by atoms with E-state index < -0.39 is 4.92 Å². The fraction of sp³-hybridized carbons (Fsp3) is 0.533. The third-order valence-corrected chi connectivity index (χ3v) is 4.88. The molecule has 1 aromatic rings. The van der Waals surface area contributed by atoms with Crippen molar-refractivity contribution in [3.8, 4) is 0 Å². The molecule has 2 unspecified atom stereocenters. The van der Waals surface area contributed by atoms with Crippen molar-refractivity contribution in [2.45, 2.75) is 43.2 Å². The van der Waals surface area contributed by atoms with Crippen molar-refractivity contribution >= 4 is 35.8 Å². The standard InChI is InChI=1S/C15H21N3O3S.ClH/c1-11(16)14-4-2-3-9-17(14)15(19)10-22-13-7-5-12(6-8-13)18(20)21;/h5-8,11,14H,2-4,9-10,16H2,1H3;1H. The van der Waals surface area contributed by atoms with E-state index in [9.17, 15) is 14.9 Å². The fourth-order valence-corrected chi connectivity index (χ4v) is 3.49. The van der Waals surface area contributed by atoms with Gasteiger partial charge >= 0.3 is 0 Å². The van der Waals surface area contributed by atoms with Gasteiger partial charge in [0.15, 0.2) is 0 Å². The van der Waals surface area contributed by atoms with Crippen LogP contribution < -0.4 is 5.73 Å². The van der Waals surface area contributed by atoms with E-state index in [2.05, 4.69) is 0 Å². The highest BCUT2D eigenvalue weighted by atomic mass is 35.5. The number of nitro groups is 1. The van der Waals surface area contributed by atoms with Gasteiger partial charge in [0.05, 0.1) is 10.7 Å². The smallest absolute Gasteiger partial charge is 0.269 e. The van der Waals surface area contributed by atoms with Gasteiger partial charge < -0.3 is 10.6 Å². The second kappa shape index (κ2) is 9.10. The number of carbonyl (C=O) groups is 1. The molecule has 23 heavy (non-hydrogen) atoms. The van der Waals surface area contributed by atoms with Gasteiger partial charge in [-0.25, -0.2) is 0 Å². The van der Waals surface area contributed by atoms with Crippen molar-refractivity contribution < 1.29 is 9.72 Å². The molecule has 2 atom stereocenters. The molecule has 6 nitrogen and oxygen atoms in total. The molecule has 1 aromatic carbocycles. The first-order valence-corrected chi connectivity index (χ1v) is 8.40. The number of nitrogens with two attached hydrogens (primary N) is 1. The minimum Gasteiger partial charge on any atom is -0.337 e. The predicted molar refractivity (Wildman–Crippen MR) is 94.1 cm³/mol. The first-order valence-electron chi connectivity index (χ1n) is 7.41. The van der Waals surface area contributed by atoms with Gasteiger partial charge in [0.25, 0.3) is 5.69 Å². The zero-order valence-electron chi connectivity index (χ0n) is 13.0. The number of likely N-dealkylation sites (tertiary alicyclic amines) is 1. The number of piperidine rings is 1. The molecule has 1 aliphatic heterocycles. The summed E-state index contributed by atoms with van der Waals surface area (Å²) in [5.74, 6) is 0.423. The van der Waals surface area contributed by atoms with Gasteiger partial charge in [-0.2, -0.15) is 0 Å². The number of nitrogens with zero attached hydrogens (tertiary/aromatic N) is 2. The van der Waals surface area contributed by atoms with Crippen LogP contribution in [0.25, 0.3) is 0 Å². The minimum atomic E-state index is -0.430. The molecule has 1 heterocycles. The third-order valence-electron chi connectivity index (χ3n) is 3.89. The Morgan fingerprint density at radius 3 is 2.65 bits per heavy atom. The van der Waals surface area contributed by atoms with Crippen LogP contribution in [0.3, 0.4) is 0 Å². The lowest BCUT2D eigenvalue weighted by Crippen LogP contribution is -2.52. The summed E-state index contributed by atoms with van der Waals surface area (Å²) in [6.07, 6.45) is 3.11. The van der Waals surface area contributed by atoms with Crippen LogP contribution in [0.15, 0.2) is 29.2 Å². The minimum absolute atomic E-state index is 0. The maximum absolute atomic E-state index is 12.4. The lowest BCUT2D eigenvalue weighted by molar-refractivity contribution is -0.384. The van der Waals surface area contributed by atoms with Crippen LogP contribution >= 0.6 is 24.2 Å². The Hall–Kier alpha value is -1.31. The maximum Gasteiger partial charge on any atom is 0.269 e. The summed E-state index contributed by atoms with van der Waals surface area (Å²) in [5, 5.41) is 10.6. The number of amides is 1. The Kier molecular flexibility index (Phi) is 7.81. The van der Waals surface area contributed by atoms with Crippen LogP contribution in [0.4, 0.5) is 5.69 Å². The second-order valence-electron chi connectivity index (χ2n) is 5.55. The summed E-state index contributed by atoms with van der Waals surface area (Å²) in [6, 6.07) is 6.37. The highest BCUT2D eigenvalue weighted by molar-refractivity contribution is 8.00. The van der Waals surface area contributed by atoms with Crippen LogP contribution in [0, 0.1) is 10.1 Å². The zero-order chi connectivity index (χ0) is 16.1. The second-order valence-corrected chi connectivity index (χ2v) is 6.60. The molecule has 128 valence electrons. The number of hydrogen-bond acceptors (Lipinski definition) is 5. The maximum atomic E-state index is 12.4. The van der Waals surface area contributed by atoms with Gasteiger partial charge in [-0.1, -0.05) is 0 Å². The van der Waals surface area contributed by atoms with Crippen LogP contribution in [0.1, 0.15) is 26.2 Å². The van der Waals surface area contributed by atoms with E-state index in [1.165, 1.54) is 23.9 Å². The van der Waals surface area contributed by atoms with E-state index in [1.807, 2.05) is 11.8 Å². The predicted octanol–water partition coefficient (Wildman–Crippen LogP) is 2.84. The van der Waals surface area contributed by atoms with Gasteiger partial charge in [-0.05, 0) is 38.3 Å². The van der Waals surface area contributed by atoms with Crippen LogP contribution in [-0.2, 0) is 4.79 Å². The van der Waals surface area contributed by atoms with Gasteiger partial charge in [-0.3, -0.25) is 14.9 Å². The molecule has 0 aliphatic carbocycles. The third kappa shape index (κ3) is 5.37. The highest BCUT2D eigenvalue weighted by Crippen LogP contribution is 2.24. The van der Waals surface area contributed by atoms with Gasteiger partial charge in [0.1, 0.15) is 0 Å². The molecular weight excluding hydrogens is 338 g/mol. The van der Waals surface area contributed by atoms with E-state index >= 15 is 0 Å². The summed E-state index contributed by atoms with van der Waals surface area (Å²) in [5.41, 5.74) is 6.04. The summed E-state index contributed by atoms with van der Waals surface area (Å²) in [4.78, 5) is 25.3. The normalized spacial score (nSPS) is 18.9. The molecule has 8 heteroatoms. The summed E-state index contributed by atoms with van der Waals surface area (Å²) in [7, 11) is 0. The number of nitro benzene ring substituents is 1. The Bertz CT molecular complexity index is 539. The summed E-state index contributed by atoms with van der Waals surface area (Å²) in [6.45, 7) is 2.71. The summed E-state index contributed by atoms with van der Waals surface area (Å²) < 4.78 is 0. The molecule has 1 fully saturated rings. The molecule has 2 rings (SSSR count). The van der Waals surface area contributed by atoms with E-state index in [0.29, 0.717) is 5.75 Å². The van der Waals surface area contributed by atoms with Crippen molar-refractivity contribution in [2.24, 2.45) is 5.73 Å².